The van der Waals surface area contributed by atoms with Crippen LogP contribution >= 0.6 is 11.6 Å². The van der Waals surface area contributed by atoms with Crippen LogP contribution in [0, 0.1) is 6.92 Å². The first-order valence-electron chi connectivity index (χ1n) is 13.1. The summed E-state index contributed by atoms with van der Waals surface area (Å²) >= 11 is 6.18. The molecule has 0 heterocycles. The lowest BCUT2D eigenvalue weighted by atomic mass is 10.0. The summed E-state index contributed by atoms with van der Waals surface area (Å²) in [5, 5.41) is 3.13. The van der Waals surface area contributed by atoms with E-state index >= 15 is 0 Å². The zero-order valence-corrected chi connectivity index (χ0v) is 24.5. The number of nitrogens with zero attached hydrogens (tertiary/aromatic N) is 2. The van der Waals surface area contributed by atoms with E-state index in [0.29, 0.717) is 16.3 Å². The van der Waals surface area contributed by atoms with Gasteiger partial charge in [-0.05, 0) is 53.9 Å². The highest BCUT2D eigenvalue weighted by Crippen LogP contribution is 2.29. The molecule has 0 saturated carbocycles. The average molecular weight is 590 g/mol. The van der Waals surface area contributed by atoms with Gasteiger partial charge in [-0.15, -0.1) is 0 Å². The zero-order chi connectivity index (χ0) is 29.4. The van der Waals surface area contributed by atoms with Gasteiger partial charge in [-0.1, -0.05) is 90.5 Å². The first-order valence-corrected chi connectivity index (χ1v) is 15.0. The maximum absolute atomic E-state index is 14.3. The van der Waals surface area contributed by atoms with Crippen LogP contribution in [0.4, 0.5) is 5.69 Å². The highest BCUT2D eigenvalue weighted by molar-refractivity contribution is 7.92. The summed E-state index contributed by atoms with van der Waals surface area (Å²) in [6.45, 7) is 1.34. The molecule has 0 unspecified atom stereocenters. The van der Waals surface area contributed by atoms with Crippen LogP contribution in [-0.2, 0) is 32.6 Å². The third kappa shape index (κ3) is 7.34. The Bertz CT molecular complexity index is 1580. The maximum Gasteiger partial charge on any atom is 0.264 e. The number of halogens is 1. The molecule has 0 saturated heterocycles. The third-order valence-corrected chi connectivity index (χ3v) is 8.76. The Kier molecular flexibility index (Phi) is 9.81. The smallest absolute Gasteiger partial charge is 0.264 e. The van der Waals surface area contributed by atoms with Crippen LogP contribution < -0.4 is 9.62 Å². The number of rotatable bonds is 11. The molecule has 0 aliphatic rings. The van der Waals surface area contributed by atoms with Crippen LogP contribution in [0.15, 0.2) is 114 Å². The summed E-state index contributed by atoms with van der Waals surface area (Å²) in [6.07, 6.45) is 0.254. The van der Waals surface area contributed by atoms with Gasteiger partial charge in [0.15, 0.2) is 0 Å². The van der Waals surface area contributed by atoms with Gasteiger partial charge in [0.2, 0.25) is 11.8 Å². The van der Waals surface area contributed by atoms with E-state index in [0.717, 1.165) is 15.4 Å². The lowest BCUT2D eigenvalue weighted by Gasteiger charge is -2.34. The van der Waals surface area contributed by atoms with Crippen molar-refractivity contribution < 1.29 is 18.0 Å². The van der Waals surface area contributed by atoms with Crippen LogP contribution in [-0.4, -0.2) is 44.8 Å². The SMILES string of the molecule is CNC(=O)[C@H](Cc1ccccc1)N(Cc1ccccc1)C(=O)CN(c1ccc(Cl)cc1C)S(=O)(=O)c1ccccc1. The Morgan fingerprint density at radius 2 is 1.39 bits per heavy atom. The quantitative estimate of drug-likeness (QED) is 0.260. The highest BCUT2D eigenvalue weighted by Gasteiger charge is 2.34. The first kappa shape index (κ1) is 29.8. The maximum atomic E-state index is 14.3. The van der Waals surface area contributed by atoms with Gasteiger partial charge in [0.1, 0.15) is 12.6 Å². The molecule has 4 aromatic rings. The topological polar surface area (TPSA) is 86.8 Å². The van der Waals surface area contributed by atoms with E-state index < -0.39 is 28.5 Å². The predicted molar refractivity (Wildman–Crippen MR) is 162 cm³/mol. The molecule has 2 amide bonds. The number of hydrogen-bond donors (Lipinski definition) is 1. The molecule has 1 atom stereocenters. The molecule has 212 valence electrons. The molecular formula is C32H32ClN3O4S. The molecule has 4 rings (SSSR count). The van der Waals surface area contributed by atoms with E-state index in [4.69, 9.17) is 11.6 Å². The third-order valence-electron chi connectivity index (χ3n) is 6.75. The lowest BCUT2D eigenvalue weighted by molar-refractivity contribution is -0.139. The van der Waals surface area contributed by atoms with E-state index in [9.17, 15) is 18.0 Å². The number of anilines is 1. The molecule has 4 aromatic carbocycles. The van der Waals surface area contributed by atoms with Crippen LogP contribution in [0.1, 0.15) is 16.7 Å². The molecule has 1 N–H and O–H groups in total. The second-order valence-electron chi connectivity index (χ2n) is 9.58. The summed E-state index contributed by atoms with van der Waals surface area (Å²) in [5.74, 6) is -0.870. The number of likely N-dealkylation sites (N-methyl/N-ethyl adjacent to an activating group) is 1. The molecule has 7 nitrogen and oxygen atoms in total. The van der Waals surface area contributed by atoms with Crippen molar-refractivity contribution in [3.05, 3.63) is 131 Å². The fourth-order valence-corrected chi connectivity index (χ4v) is 6.36. The number of carbonyl (C=O) groups is 2. The first-order chi connectivity index (χ1) is 19.7. The van der Waals surface area contributed by atoms with Gasteiger partial charge in [-0.3, -0.25) is 13.9 Å². The number of benzene rings is 4. The molecule has 0 fully saturated rings. The van der Waals surface area contributed by atoms with Gasteiger partial charge in [-0.25, -0.2) is 8.42 Å². The number of sulfonamides is 1. The van der Waals surface area contributed by atoms with Crippen molar-refractivity contribution in [1.82, 2.24) is 10.2 Å². The lowest BCUT2D eigenvalue weighted by Crippen LogP contribution is -2.53. The monoisotopic (exact) mass is 589 g/mol. The minimum atomic E-state index is -4.16. The van der Waals surface area contributed by atoms with Gasteiger partial charge >= 0.3 is 0 Å². The van der Waals surface area contributed by atoms with Crippen molar-refractivity contribution >= 4 is 39.1 Å². The number of carbonyl (C=O) groups excluding carboxylic acids is 2. The standard InChI is InChI=1S/C32H32ClN3O4S/c1-24-20-27(33)18-19-29(24)36(41(39,40)28-16-10-5-11-17-28)23-31(37)35(22-26-14-8-4-9-15-26)30(32(38)34-2)21-25-12-6-3-7-13-25/h3-20,30H,21-23H2,1-2H3,(H,34,38)/t30-/m0/s1. The van der Waals surface area contributed by atoms with E-state index in [1.807, 2.05) is 60.7 Å². The Morgan fingerprint density at radius 1 is 0.829 bits per heavy atom. The summed E-state index contributed by atoms with van der Waals surface area (Å²) in [4.78, 5) is 29.0. The van der Waals surface area contributed by atoms with E-state index in [1.54, 1.807) is 43.3 Å². The normalized spacial score (nSPS) is 11.9. The Balaban J connectivity index is 1.79. The molecule has 0 aliphatic carbocycles. The predicted octanol–water partition coefficient (Wildman–Crippen LogP) is 5.23. The van der Waals surface area contributed by atoms with Crippen molar-refractivity contribution in [2.45, 2.75) is 30.8 Å². The minimum Gasteiger partial charge on any atom is -0.357 e. The summed E-state index contributed by atoms with van der Waals surface area (Å²) < 4.78 is 29.1. The van der Waals surface area contributed by atoms with E-state index in [1.165, 1.54) is 24.1 Å². The number of aryl methyl sites for hydroxylation is 1. The Hall–Kier alpha value is -4.14. The Morgan fingerprint density at radius 3 is 1.95 bits per heavy atom. The van der Waals surface area contributed by atoms with Crippen molar-refractivity contribution in [3.63, 3.8) is 0 Å². The van der Waals surface area contributed by atoms with Crippen LogP contribution in [0.3, 0.4) is 0 Å². The molecule has 9 heteroatoms. The highest BCUT2D eigenvalue weighted by atomic mass is 35.5. The van der Waals surface area contributed by atoms with Crippen molar-refractivity contribution in [3.8, 4) is 0 Å². The zero-order valence-electron chi connectivity index (χ0n) is 22.9. The molecular weight excluding hydrogens is 558 g/mol. The van der Waals surface area contributed by atoms with Crippen molar-refractivity contribution in [1.29, 1.82) is 0 Å². The van der Waals surface area contributed by atoms with Crippen molar-refractivity contribution in [2.24, 2.45) is 0 Å². The fourth-order valence-electron chi connectivity index (χ4n) is 4.63. The van der Waals surface area contributed by atoms with Crippen LogP contribution in [0.25, 0.3) is 0 Å². The largest absolute Gasteiger partial charge is 0.357 e. The number of nitrogens with one attached hydrogen (secondary N) is 1. The molecule has 0 radical (unpaired) electrons. The van der Waals surface area contributed by atoms with E-state index in [-0.39, 0.29) is 23.8 Å². The van der Waals surface area contributed by atoms with Crippen LogP contribution in [0.5, 0.6) is 0 Å². The second-order valence-corrected chi connectivity index (χ2v) is 11.9. The van der Waals surface area contributed by atoms with Gasteiger partial charge < -0.3 is 10.2 Å². The van der Waals surface area contributed by atoms with Crippen molar-refractivity contribution in [2.75, 3.05) is 17.9 Å². The average Bonchev–Trinajstić information content (AvgIpc) is 2.99. The number of hydrogen-bond acceptors (Lipinski definition) is 4. The van der Waals surface area contributed by atoms with Gasteiger partial charge in [0, 0.05) is 25.0 Å². The summed E-state index contributed by atoms with van der Waals surface area (Å²) in [6, 6.07) is 30.6. The molecule has 0 aromatic heterocycles. The number of amides is 2. The molecule has 0 aliphatic heterocycles. The van der Waals surface area contributed by atoms with Gasteiger partial charge in [0.25, 0.3) is 10.0 Å². The molecule has 0 spiro atoms. The Labute approximate surface area is 246 Å². The van der Waals surface area contributed by atoms with Gasteiger partial charge in [-0.2, -0.15) is 0 Å². The summed E-state index contributed by atoms with van der Waals surface area (Å²) in [5.41, 5.74) is 2.59. The molecule has 0 bridgehead atoms. The minimum absolute atomic E-state index is 0.0453. The van der Waals surface area contributed by atoms with Gasteiger partial charge in [0.05, 0.1) is 10.6 Å². The second kappa shape index (κ2) is 13.5. The van der Waals surface area contributed by atoms with E-state index in [2.05, 4.69) is 5.32 Å². The molecule has 41 heavy (non-hydrogen) atoms. The summed E-state index contributed by atoms with van der Waals surface area (Å²) in [7, 11) is -2.64. The fraction of sp³-hybridized carbons (Fsp3) is 0.188. The van der Waals surface area contributed by atoms with Crippen LogP contribution in [0.2, 0.25) is 5.02 Å².